The molecule has 5 heteroatoms. The quantitative estimate of drug-likeness (QED) is 0.748. The lowest BCUT2D eigenvalue weighted by Gasteiger charge is -2.23. The summed E-state index contributed by atoms with van der Waals surface area (Å²) in [6, 6.07) is 4.36. The topological polar surface area (TPSA) is 56.8 Å². The number of nitrogens with zero attached hydrogens (tertiary/aromatic N) is 2. The largest absolute Gasteiger partial charge is 0.490 e. The second-order valence-corrected chi connectivity index (χ2v) is 7.86. The third kappa shape index (κ3) is 3.98. The summed E-state index contributed by atoms with van der Waals surface area (Å²) in [7, 11) is 3.21. The first-order valence-electron chi connectivity index (χ1n) is 7.60. The van der Waals surface area contributed by atoms with E-state index in [0.29, 0.717) is 25.4 Å². The monoisotopic (exact) mass is 334 g/mol. The third-order valence-corrected chi connectivity index (χ3v) is 6.40. The van der Waals surface area contributed by atoms with Crippen molar-refractivity contribution >= 4 is 28.4 Å². The Kier molecular flexibility index (Phi) is 7.29. The molecule has 1 aromatic carbocycles. The molecule has 0 aliphatic rings. The molecule has 4 atom stereocenters. The maximum atomic E-state index is 9.44. The second-order valence-electron chi connectivity index (χ2n) is 5.51. The van der Waals surface area contributed by atoms with Gasteiger partial charge in [0.1, 0.15) is 17.9 Å². The van der Waals surface area contributed by atoms with Crippen molar-refractivity contribution in [3.8, 4) is 17.9 Å². The van der Waals surface area contributed by atoms with Crippen molar-refractivity contribution in [2.45, 2.75) is 59.2 Å². The average molecular weight is 334 g/mol. The van der Waals surface area contributed by atoms with E-state index in [1.165, 1.54) is 0 Å². The summed E-state index contributed by atoms with van der Waals surface area (Å²) in [6.07, 6.45) is 2.06. The molecule has 0 heterocycles. The Bertz CT molecular complexity index is 574. The van der Waals surface area contributed by atoms with E-state index in [0.717, 1.165) is 34.8 Å². The van der Waals surface area contributed by atoms with Crippen LogP contribution in [-0.2, 0) is 0 Å². The molecule has 0 N–H and O–H groups in total. The first-order valence-corrected chi connectivity index (χ1v) is 9.25. The van der Waals surface area contributed by atoms with Gasteiger partial charge in [-0.1, -0.05) is 29.4 Å². The summed E-state index contributed by atoms with van der Waals surface area (Å²) in [5, 5.41) is 20.8. The fourth-order valence-electron chi connectivity index (χ4n) is 2.05. The van der Waals surface area contributed by atoms with E-state index in [2.05, 4.69) is 42.1 Å². The predicted molar refractivity (Wildman–Crippen MR) is 98.0 cm³/mol. The zero-order valence-corrected chi connectivity index (χ0v) is 16.1. The molecule has 118 valence electrons. The number of hydrogen-bond acceptors (Lipinski definition) is 3. The van der Waals surface area contributed by atoms with Gasteiger partial charge in [-0.05, 0) is 37.7 Å². The van der Waals surface area contributed by atoms with Crippen LogP contribution in [0.15, 0.2) is 0 Å². The van der Waals surface area contributed by atoms with Gasteiger partial charge in [0.05, 0.1) is 17.2 Å². The highest BCUT2D eigenvalue weighted by Gasteiger charge is 2.22. The Morgan fingerprint density at radius 2 is 1.73 bits per heavy atom. The molecule has 0 aliphatic heterocycles. The highest BCUT2D eigenvalue weighted by molar-refractivity contribution is 7.50. The molecule has 0 saturated heterocycles. The second kappa shape index (κ2) is 8.48. The number of nitriles is 2. The van der Waals surface area contributed by atoms with Gasteiger partial charge in [-0.15, -0.1) is 9.24 Å². The van der Waals surface area contributed by atoms with Gasteiger partial charge in [0.15, 0.2) is 0 Å². The SMILES string of the molecule is CCC(C)Oc1c(C)c(C#N)c(C#N)c(P)c1PC(C)CC. The third-order valence-electron chi connectivity index (χ3n) is 3.85. The Morgan fingerprint density at radius 3 is 2.18 bits per heavy atom. The fraction of sp³-hybridized carbons (Fsp3) is 0.529. The van der Waals surface area contributed by atoms with Gasteiger partial charge >= 0.3 is 0 Å². The molecule has 1 aromatic rings. The van der Waals surface area contributed by atoms with Crippen LogP contribution in [0.5, 0.6) is 5.75 Å². The van der Waals surface area contributed by atoms with Crippen LogP contribution >= 0.6 is 17.8 Å². The van der Waals surface area contributed by atoms with Crippen molar-refractivity contribution in [2.75, 3.05) is 0 Å². The van der Waals surface area contributed by atoms with Crippen LogP contribution < -0.4 is 15.3 Å². The number of hydrogen-bond donors (Lipinski definition) is 0. The van der Waals surface area contributed by atoms with E-state index in [4.69, 9.17) is 4.74 Å². The van der Waals surface area contributed by atoms with E-state index >= 15 is 0 Å². The molecule has 0 bridgehead atoms. The molecule has 0 radical (unpaired) electrons. The first-order chi connectivity index (χ1) is 10.4. The van der Waals surface area contributed by atoms with E-state index in [1.54, 1.807) is 0 Å². The predicted octanol–water partition coefficient (Wildman–Crippen LogP) is 3.52. The van der Waals surface area contributed by atoms with Crippen molar-refractivity contribution < 1.29 is 4.74 Å². The molecule has 0 aromatic heterocycles. The fourth-order valence-corrected chi connectivity index (χ4v) is 3.99. The first kappa shape index (κ1) is 18.9. The lowest BCUT2D eigenvalue weighted by atomic mass is 10.0. The summed E-state index contributed by atoms with van der Waals surface area (Å²) in [5.41, 5.74) is 2.21. The molecule has 0 amide bonds. The number of rotatable bonds is 6. The zero-order chi connectivity index (χ0) is 16.9. The van der Waals surface area contributed by atoms with Gasteiger partial charge in [-0.2, -0.15) is 10.5 Å². The standard InChI is InChI=1S/C17H24N2OP2/c1-6-10(3)20-15-12(5)13(8-18)14(9-19)16(21)17(15)22-11(4)7-2/h10-11,22H,6-7,21H2,1-5H3. The Balaban J connectivity index is 3.59. The smallest absolute Gasteiger partial charge is 0.132 e. The maximum absolute atomic E-state index is 9.44. The van der Waals surface area contributed by atoms with Crippen LogP contribution in [0.4, 0.5) is 0 Å². The van der Waals surface area contributed by atoms with Gasteiger partial charge < -0.3 is 4.74 Å². The summed E-state index contributed by atoms with van der Waals surface area (Å²) >= 11 is 0. The van der Waals surface area contributed by atoms with Crippen LogP contribution in [-0.4, -0.2) is 11.8 Å². The molecule has 3 nitrogen and oxygen atoms in total. The van der Waals surface area contributed by atoms with Crippen LogP contribution in [0.3, 0.4) is 0 Å². The summed E-state index contributed by atoms with van der Waals surface area (Å²) in [5.74, 6) is 0.800. The summed E-state index contributed by atoms with van der Waals surface area (Å²) in [6.45, 7) is 10.4. The maximum Gasteiger partial charge on any atom is 0.132 e. The molecule has 0 fully saturated rings. The molecular weight excluding hydrogens is 310 g/mol. The normalized spacial score (nSPS) is 13.6. The number of ether oxygens (including phenoxy) is 1. The molecule has 0 aliphatic carbocycles. The highest BCUT2D eigenvalue weighted by atomic mass is 31.1. The zero-order valence-electron chi connectivity index (χ0n) is 13.9. The van der Waals surface area contributed by atoms with E-state index in [9.17, 15) is 10.5 Å². The Labute approximate surface area is 138 Å². The summed E-state index contributed by atoms with van der Waals surface area (Å²) < 4.78 is 6.13. The van der Waals surface area contributed by atoms with Crippen molar-refractivity contribution in [3.63, 3.8) is 0 Å². The Hall–Kier alpha value is -1.14. The van der Waals surface area contributed by atoms with Gasteiger partial charge in [-0.3, -0.25) is 0 Å². The van der Waals surface area contributed by atoms with Crippen molar-refractivity contribution in [3.05, 3.63) is 16.7 Å². The van der Waals surface area contributed by atoms with Gasteiger partial charge in [0.25, 0.3) is 0 Å². The summed E-state index contributed by atoms with van der Waals surface area (Å²) in [4.78, 5) is 0. The van der Waals surface area contributed by atoms with Crippen molar-refractivity contribution in [1.82, 2.24) is 0 Å². The molecule has 4 unspecified atom stereocenters. The lowest BCUT2D eigenvalue weighted by molar-refractivity contribution is 0.218. The molecule has 0 spiro atoms. The van der Waals surface area contributed by atoms with Crippen LogP contribution in [0, 0.1) is 29.6 Å². The average Bonchev–Trinajstić information content (AvgIpc) is 2.52. The van der Waals surface area contributed by atoms with Crippen LogP contribution in [0.25, 0.3) is 0 Å². The van der Waals surface area contributed by atoms with Crippen LogP contribution in [0.1, 0.15) is 57.2 Å². The minimum atomic E-state index is 0.0862. The molecule has 22 heavy (non-hydrogen) atoms. The molecule has 1 rings (SSSR count). The Morgan fingerprint density at radius 1 is 1.14 bits per heavy atom. The van der Waals surface area contributed by atoms with Crippen molar-refractivity contribution in [1.29, 1.82) is 10.5 Å². The van der Waals surface area contributed by atoms with Crippen molar-refractivity contribution in [2.24, 2.45) is 0 Å². The molecular formula is C17H24N2OP2. The minimum Gasteiger partial charge on any atom is -0.490 e. The minimum absolute atomic E-state index is 0.0862. The van der Waals surface area contributed by atoms with Gasteiger partial charge in [0.2, 0.25) is 0 Å². The van der Waals surface area contributed by atoms with Gasteiger partial charge in [-0.25, -0.2) is 0 Å². The van der Waals surface area contributed by atoms with E-state index in [1.807, 2.05) is 13.8 Å². The number of benzene rings is 1. The van der Waals surface area contributed by atoms with Gasteiger partial charge in [0, 0.05) is 10.9 Å². The van der Waals surface area contributed by atoms with E-state index < -0.39 is 0 Å². The van der Waals surface area contributed by atoms with E-state index in [-0.39, 0.29) is 6.10 Å². The van der Waals surface area contributed by atoms with Crippen LogP contribution in [0.2, 0.25) is 0 Å². The molecule has 0 saturated carbocycles. The lowest BCUT2D eigenvalue weighted by Crippen LogP contribution is -2.27. The highest BCUT2D eigenvalue weighted by Crippen LogP contribution is 2.32.